The number of hydrazone groups is 1. The average Bonchev–Trinajstić information content (AvgIpc) is 2.54. The van der Waals surface area contributed by atoms with Gasteiger partial charge in [-0.15, -0.1) is 0 Å². The van der Waals surface area contributed by atoms with Crippen molar-refractivity contribution in [2.45, 2.75) is 0 Å². The van der Waals surface area contributed by atoms with Crippen molar-refractivity contribution >= 4 is 38.8 Å². The molecule has 3 aromatic rings. The van der Waals surface area contributed by atoms with Crippen molar-refractivity contribution in [2.24, 2.45) is 5.10 Å². The van der Waals surface area contributed by atoms with Crippen LogP contribution in [0.25, 0.3) is 10.8 Å². The summed E-state index contributed by atoms with van der Waals surface area (Å²) in [5.74, 6) is -0.300. The van der Waals surface area contributed by atoms with Gasteiger partial charge >= 0.3 is 0 Å². The Morgan fingerprint density at radius 1 is 1.09 bits per heavy atom. The van der Waals surface area contributed by atoms with Gasteiger partial charge in [-0.05, 0) is 44.4 Å². The maximum Gasteiger partial charge on any atom is 0.272 e. The van der Waals surface area contributed by atoms with E-state index in [0.717, 1.165) is 15.4 Å². The maximum atomic E-state index is 11.9. The quantitative estimate of drug-likeness (QED) is 0.575. The number of nitrogens with zero attached hydrogens (tertiary/aromatic N) is 2. The third-order valence-corrected chi connectivity index (χ3v) is 3.55. The fourth-order valence-corrected chi connectivity index (χ4v) is 2.42. The molecule has 0 bridgehead atoms. The van der Waals surface area contributed by atoms with Crippen LogP contribution in [-0.2, 0) is 0 Å². The Labute approximate surface area is 136 Å². The third-order valence-electron chi connectivity index (χ3n) is 3.12. The number of halogens is 1. The molecule has 0 atom stereocenters. The van der Waals surface area contributed by atoms with Crippen LogP contribution in [-0.4, -0.2) is 17.1 Å². The second-order valence-corrected chi connectivity index (χ2v) is 5.61. The highest BCUT2D eigenvalue weighted by Gasteiger charge is 2.04. The number of carbonyl (C=O) groups is 1. The van der Waals surface area contributed by atoms with Gasteiger partial charge in [-0.1, -0.05) is 36.4 Å². The Bertz CT molecular complexity index is 861. The summed E-state index contributed by atoms with van der Waals surface area (Å²) in [5.41, 5.74) is 3.86. The van der Waals surface area contributed by atoms with Crippen LogP contribution in [0.15, 0.2) is 70.5 Å². The molecule has 0 aliphatic heterocycles. The van der Waals surface area contributed by atoms with Gasteiger partial charge in [-0.2, -0.15) is 5.10 Å². The first-order valence-corrected chi connectivity index (χ1v) is 7.44. The zero-order chi connectivity index (χ0) is 15.4. The van der Waals surface area contributed by atoms with E-state index in [9.17, 15) is 4.79 Å². The molecule has 0 saturated carbocycles. The standard InChI is InChI=1S/C17H12BrN3O/c18-16-8-15(10-19-11-16)17(22)21-20-9-12-5-6-13-3-1-2-4-14(13)7-12/h1-11H,(H,21,22)/b20-9+. The first-order valence-electron chi connectivity index (χ1n) is 6.65. The number of fused-ring (bicyclic) bond motifs is 1. The smallest absolute Gasteiger partial charge is 0.267 e. The normalized spacial score (nSPS) is 11.0. The summed E-state index contributed by atoms with van der Waals surface area (Å²) in [6.45, 7) is 0. The molecule has 1 aromatic heterocycles. The minimum atomic E-state index is -0.300. The fourth-order valence-electron chi connectivity index (χ4n) is 2.05. The lowest BCUT2D eigenvalue weighted by Crippen LogP contribution is -2.17. The highest BCUT2D eigenvalue weighted by atomic mass is 79.9. The molecule has 0 unspecified atom stereocenters. The summed E-state index contributed by atoms with van der Waals surface area (Å²) in [4.78, 5) is 15.9. The predicted molar refractivity (Wildman–Crippen MR) is 90.9 cm³/mol. The first-order chi connectivity index (χ1) is 10.7. The van der Waals surface area contributed by atoms with Crippen LogP contribution in [0.2, 0.25) is 0 Å². The molecule has 0 aliphatic carbocycles. The molecule has 108 valence electrons. The zero-order valence-electron chi connectivity index (χ0n) is 11.5. The molecule has 22 heavy (non-hydrogen) atoms. The topological polar surface area (TPSA) is 54.4 Å². The van der Waals surface area contributed by atoms with Gasteiger partial charge in [0.05, 0.1) is 11.8 Å². The molecule has 5 heteroatoms. The number of hydrogen-bond acceptors (Lipinski definition) is 3. The summed E-state index contributed by atoms with van der Waals surface area (Å²) in [6, 6.07) is 15.8. The van der Waals surface area contributed by atoms with Crippen LogP contribution in [0.3, 0.4) is 0 Å². The van der Waals surface area contributed by atoms with Crippen molar-refractivity contribution in [1.29, 1.82) is 0 Å². The first kappa shape index (κ1) is 14.4. The Morgan fingerprint density at radius 3 is 2.73 bits per heavy atom. The molecule has 0 radical (unpaired) electrons. The van der Waals surface area contributed by atoms with Gasteiger partial charge in [0, 0.05) is 16.9 Å². The van der Waals surface area contributed by atoms with Gasteiger partial charge in [-0.3, -0.25) is 9.78 Å². The number of amides is 1. The summed E-state index contributed by atoms with van der Waals surface area (Å²) >= 11 is 3.28. The van der Waals surface area contributed by atoms with E-state index in [1.165, 1.54) is 11.6 Å². The van der Waals surface area contributed by atoms with Crippen LogP contribution in [0.1, 0.15) is 15.9 Å². The van der Waals surface area contributed by atoms with Gasteiger partial charge < -0.3 is 0 Å². The van der Waals surface area contributed by atoms with Gasteiger partial charge in [0.1, 0.15) is 0 Å². The van der Waals surface area contributed by atoms with Crippen LogP contribution in [0.4, 0.5) is 0 Å². The lowest BCUT2D eigenvalue weighted by atomic mass is 10.1. The summed E-state index contributed by atoms with van der Waals surface area (Å²) in [7, 11) is 0. The molecule has 2 aromatic carbocycles. The molecular weight excluding hydrogens is 342 g/mol. The maximum absolute atomic E-state index is 11.9. The highest BCUT2D eigenvalue weighted by Crippen LogP contribution is 2.14. The molecule has 0 aliphatic rings. The van der Waals surface area contributed by atoms with E-state index < -0.39 is 0 Å². The Morgan fingerprint density at radius 2 is 1.91 bits per heavy atom. The van der Waals surface area contributed by atoms with Gasteiger partial charge in [0.2, 0.25) is 0 Å². The van der Waals surface area contributed by atoms with Crippen molar-refractivity contribution in [3.05, 3.63) is 76.5 Å². The van der Waals surface area contributed by atoms with E-state index in [1.807, 2.05) is 36.4 Å². The predicted octanol–water partition coefficient (Wildman–Crippen LogP) is 3.76. The zero-order valence-corrected chi connectivity index (χ0v) is 13.1. The number of carbonyl (C=O) groups excluding carboxylic acids is 1. The molecule has 1 amide bonds. The number of aromatic nitrogens is 1. The van der Waals surface area contributed by atoms with E-state index in [1.54, 1.807) is 18.5 Å². The molecule has 4 nitrogen and oxygen atoms in total. The number of rotatable bonds is 3. The molecule has 0 fully saturated rings. The van der Waals surface area contributed by atoms with Crippen LogP contribution >= 0.6 is 15.9 Å². The fraction of sp³-hybridized carbons (Fsp3) is 0. The van der Waals surface area contributed by atoms with Crippen molar-refractivity contribution in [3.8, 4) is 0 Å². The third kappa shape index (κ3) is 3.38. The summed E-state index contributed by atoms with van der Waals surface area (Å²) < 4.78 is 0.749. The van der Waals surface area contributed by atoms with Gasteiger partial charge in [0.25, 0.3) is 5.91 Å². The van der Waals surface area contributed by atoms with Crippen LogP contribution in [0, 0.1) is 0 Å². The van der Waals surface area contributed by atoms with Crippen molar-refractivity contribution < 1.29 is 4.79 Å². The second kappa shape index (κ2) is 6.49. The van der Waals surface area contributed by atoms with Crippen molar-refractivity contribution in [1.82, 2.24) is 10.4 Å². The Balaban J connectivity index is 1.72. The Hall–Kier alpha value is -2.53. The van der Waals surface area contributed by atoms with E-state index in [0.29, 0.717) is 5.56 Å². The number of hydrogen-bond donors (Lipinski definition) is 1. The van der Waals surface area contributed by atoms with Crippen LogP contribution in [0.5, 0.6) is 0 Å². The molecule has 1 heterocycles. The molecule has 0 spiro atoms. The number of nitrogens with one attached hydrogen (secondary N) is 1. The van der Waals surface area contributed by atoms with Crippen molar-refractivity contribution in [3.63, 3.8) is 0 Å². The monoisotopic (exact) mass is 353 g/mol. The number of benzene rings is 2. The minimum Gasteiger partial charge on any atom is -0.267 e. The SMILES string of the molecule is O=C(N/N=C/c1ccc2ccccc2c1)c1cncc(Br)c1. The molecule has 1 N–H and O–H groups in total. The van der Waals surface area contributed by atoms with E-state index in [2.05, 4.69) is 37.5 Å². The van der Waals surface area contributed by atoms with Crippen molar-refractivity contribution in [2.75, 3.05) is 0 Å². The summed E-state index contributed by atoms with van der Waals surface area (Å²) in [5, 5.41) is 6.29. The van der Waals surface area contributed by atoms with Gasteiger partial charge in [0.15, 0.2) is 0 Å². The molecule has 0 saturated heterocycles. The van der Waals surface area contributed by atoms with E-state index in [-0.39, 0.29) is 5.91 Å². The van der Waals surface area contributed by atoms with E-state index in [4.69, 9.17) is 0 Å². The van der Waals surface area contributed by atoms with Gasteiger partial charge in [-0.25, -0.2) is 5.43 Å². The molecule has 3 rings (SSSR count). The molecular formula is C17H12BrN3O. The van der Waals surface area contributed by atoms with E-state index >= 15 is 0 Å². The minimum absolute atomic E-state index is 0.300. The lowest BCUT2D eigenvalue weighted by molar-refractivity contribution is 0.0954. The Kier molecular flexibility index (Phi) is 4.25. The van der Waals surface area contributed by atoms with Crippen LogP contribution < -0.4 is 5.43 Å². The summed E-state index contributed by atoms with van der Waals surface area (Å²) in [6.07, 6.45) is 4.73. The second-order valence-electron chi connectivity index (χ2n) is 4.70. The highest BCUT2D eigenvalue weighted by molar-refractivity contribution is 9.10. The largest absolute Gasteiger partial charge is 0.272 e. The lowest BCUT2D eigenvalue weighted by Gasteiger charge is -2.01. The number of pyridine rings is 1. The average molecular weight is 354 g/mol.